The van der Waals surface area contributed by atoms with Gasteiger partial charge in [0, 0.05) is 18.8 Å². The lowest BCUT2D eigenvalue weighted by molar-refractivity contribution is -0.146. The summed E-state index contributed by atoms with van der Waals surface area (Å²) in [6.07, 6.45) is 10.3. The number of carboxylic acids is 1. The molecular formula is C24H37N3O4. The van der Waals surface area contributed by atoms with Crippen LogP contribution in [0, 0.1) is 5.41 Å². The first kappa shape index (κ1) is 23.5. The highest BCUT2D eigenvalue weighted by molar-refractivity contribution is 5.87. The summed E-state index contributed by atoms with van der Waals surface area (Å²) in [5.41, 5.74) is 1.84. The first-order valence-electron chi connectivity index (χ1n) is 11.8. The Hall–Kier alpha value is -2.15. The van der Waals surface area contributed by atoms with Crippen LogP contribution in [0.2, 0.25) is 0 Å². The molecule has 0 bridgehead atoms. The number of carboxylic acid groups (broad SMARTS) is 1. The molecule has 2 aliphatic heterocycles. The van der Waals surface area contributed by atoms with Crippen LogP contribution < -0.4 is 10.6 Å². The van der Waals surface area contributed by atoms with Gasteiger partial charge in [-0.25, -0.2) is 9.78 Å². The molecule has 7 nitrogen and oxygen atoms in total. The summed E-state index contributed by atoms with van der Waals surface area (Å²) in [6.45, 7) is 3.90. The van der Waals surface area contributed by atoms with Crippen molar-refractivity contribution in [2.45, 2.75) is 83.6 Å². The average Bonchev–Trinajstić information content (AvgIpc) is 2.77. The minimum Gasteiger partial charge on any atom is -0.480 e. The number of anilines is 1. The van der Waals surface area contributed by atoms with Crippen LogP contribution in [-0.4, -0.2) is 47.8 Å². The van der Waals surface area contributed by atoms with Gasteiger partial charge in [-0.2, -0.15) is 0 Å². The van der Waals surface area contributed by atoms with Gasteiger partial charge in [0.25, 0.3) is 0 Å². The van der Waals surface area contributed by atoms with Crippen molar-refractivity contribution in [3.8, 4) is 0 Å². The number of carbonyl (C=O) groups excluding carboxylic acids is 1. The Morgan fingerprint density at radius 1 is 1.23 bits per heavy atom. The van der Waals surface area contributed by atoms with Crippen LogP contribution >= 0.6 is 0 Å². The second-order valence-corrected chi connectivity index (χ2v) is 9.23. The average molecular weight is 432 g/mol. The fraction of sp³-hybridized carbons (Fsp3) is 0.708. The molecule has 172 valence electrons. The van der Waals surface area contributed by atoms with Gasteiger partial charge >= 0.3 is 5.97 Å². The van der Waals surface area contributed by atoms with Gasteiger partial charge in [-0.3, -0.25) is 4.79 Å². The minimum atomic E-state index is -0.958. The van der Waals surface area contributed by atoms with Crippen LogP contribution in [0.25, 0.3) is 0 Å². The molecule has 0 aliphatic carbocycles. The molecule has 2 atom stereocenters. The molecule has 0 saturated carbocycles. The number of aryl methyl sites for hydroxylation is 2. The van der Waals surface area contributed by atoms with Gasteiger partial charge in [-0.15, -0.1) is 0 Å². The van der Waals surface area contributed by atoms with Gasteiger partial charge in [-0.05, 0) is 63.5 Å². The predicted octanol–water partition coefficient (Wildman–Crippen LogP) is 3.71. The fourth-order valence-electron chi connectivity index (χ4n) is 4.40. The van der Waals surface area contributed by atoms with E-state index in [0.29, 0.717) is 19.6 Å². The monoisotopic (exact) mass is 431 g/mol. The number of hydrogen-bond donors (Lipinski definition) is 3. The molecule has 0 spiro atoms. The molecule has 1 saturated heterocycles. The topological polar surface area (TPSA) is 101 Å². The summed E-state index contributed by atoms with van der Waals surface area (Å²) < 4.78 is 5.43. The summed E-state index contributed by atoms with van der Waals surface area (Å²) in [5, 5.41) is 15.6. The molecule has 3 heterocycles. The second kappa shape index (κ2) is 11.5. The van der Waals surface area contributed by atoms with Gasteiger partial charge < -0.3 is 20.5 Å². The quantitative estimate of drug-likeness (QED) is 0.462. The molecule has 1 amide bonds. The Kier molecular flexibility index (Phi) is 8.69. The third-order valence-corrected chi connectivity index (χ3v) is 6.47. The molecule has 0 radical (unpaired) electrons. The molecule has 0 aromatic carbocycles. The smallest absolute Gasteiger partial charge is 0.326 e. The number of aliphatic carboxylic acids is 1. The van der Waals surface area contributed by atoms with Crippen molar-refractivity contribution in [2.75, 3.05) is 25.1 Å². The van der Waals surface area contributed by atoms with E-state index in [4.69, 9.17) is 9.72 Å². The van der Waals surface area contributed by atoms with Gasteiger partial charge in [0.1, 0.15) is 11.9 Å². The van der Waals surface area contributed by atoms with Gasteiger partial charge in [-0.1, -0.05) is 31.7 Å². The first-order valence-corrected chi connectivity index (χ1v) is 11.8. The lowest BCUT2D eigenvalue weighted by atomic mass is 9.83. The molecule has 31 heavy (non-hydrogen) atoms. The minimum absolute atomic E-state index is 0.202. The maximum atomic E-state index is 12.6. The SMILES string of the molecule is C[C@@]1(C(=O)NC(CCCCCCCc2ccc3c(n2)NCCC3)C(=O)O)CCCOC1. The van der Waals surface area contributed by atoms with Crippen molar-refractivity contribution in [1.82, 2.24) is 10.3 Å². The number of nitrogens with one attached hydrogen (secondary N) is 2. The molecule has 2 aliphatic rings. The Balaban J connectivity index is 1.31. The Bertz CT molecular complexity index is 746. The second-order valence-electron chi connectivity index (χ2n) is 9.23. The van der Waals surface area contributed by atoms with Crippen molar-refractivity contribution in [1.29, 1.82) is 0 Å². The van der Waals surface area contributed by atoms with E-state index in [1.165, 1.54) is 12.0 Å². The third kappa shape index (κ3) is 6.92. The van der Waals surface area contributed by atoms with Gasteiger partial charge in [0.15, 0.2) is 0 Å². The zero-order chi connectivity index (χ0) is 22.1. The highest BCUT2D eigenvalue weighted by Gasteiger charge is 2.37. The number of amides is 1. The highest BCUT2D eigenvalue weighted by Crippen LogP contribution is 2.28. The number of hydrogen-bond acceptors (Lipinski definition) is 5. The van der Waals surface area contributed by atoms with E-state index in [0.717, 1.165) is 75.8 Å². The molecule has 3 N–H and O–H groups in total. The van der Waals surface area contributed by atoms with Crippen LogP contribution in [0.3, 0.4) is 0 Å². The molecular weight excluding hydrogens is 394 g/mol. The summed E-state index contributed by atoms with van der Waals surface area (Å²) >= 11 is 0. The lowest BCUT2D eigenvalue weighted by Crippen LogP contribution is -2.50. The molecule has 1 aromatic rings. The molecule has 1 aromatic heterocycles. The molecule has 1 unspecified atom stereocenters. The van der Waals surface area contributed by atoms with Crippen molar-refractivity contribution in [3.63, 3.8) is 0 Å². The molecule has 7 heteroatoms. The highest BCUT2D eigenvalue weighted by atomic mass is 16.5. The van der Waals surface area contributed by atoms with E-state index in [1.54, 1.807) is 0 Å². The third-order valence-electron chi connectivity index (χ3n) is 6.47. The van der Waals surface area contributed by atoms with E-state index in [2.05, 4.69) is 22.8 Å². The van der Waals surface area contributed by atoms with Crippen LogP contribution in [0.1, 0.15) is 76.0 Å². The number of carbonyl (C=O) groups is 2. The van der Waals surface area contributed by atoms with Gasteiger partial charge in [0.05, 0.1) is 12.0 Å². The van der Waals surface area contributed by atoms with Crippen molar-refractivity contribution in [3.05, 3.63) is 23.4 Å². The number of unbranched alkanes of at least 4 members (excludes halogenated alkanes) is 4. The number of aromatic nitrogens is 1. The maximum Gasteiger partial charge on any atom is 0.326 e. The van der Waals surface area contributed by atoms with Crippen LogP contribution in [0.15, 0.2) is 12.1 Å². The van der Waals surface area contributed by atoms with Crippen LogP contribution in [0.5, 0.6) is 0 Å². The summed E-state index contributed by atoms with van der Waals surface area (Å²) in [4.78, 5) is 28.9. The number of fused-ring (bicyclic) bond motifs is 1. The Morgan fingerprint density at radius 3 is 2.81 bits per heavy atom. The van der Waals surface area contributed by atoms with Crippen LogP contribution in [0.4, 0.5) is 5.82 Å². The van der Waals surface area contributed by atoms with Gasteiger partial charge in [0.2, 0.25) is 5.91 Å². The number of pyridine rings is 1. The van der Waals surface area contributed by atoms with E-state index >= 15 is 0 Å². The fourth-order valence-corrected chi connectivity index (χ4v) is 4.40. The summed E-state index contributed by atoms with van der Waals surface area (Å²) in [5.74, 6) is -0.105. The largest absolute Gasteiger partial charge is 0.480 e. The standard InChI is InChI=1S/C24H37N3O4/c1-24(14-8-16-31-17-24)23(30)27-20(22(28)29)11-6-4-2-3-5-10-19-13-12-18-9-7-15-25-21(18)26-19/h12-13,20H,2-11,14-17H2,1H3,(H,25,26)(H,27,30)(H,28,29)/t20?,24-/m1/s1. The van der Waals surface area contributed by atoms with E-state index in [9.17, 15) is 14.7 Å². The normalized spacial score (nSPS) is 21.6. The molecule has 1 fully saturated rings. The predicted molar refractivity (Wildman–Crippen MR) is 120 cm³/mol. The lowest BCUT2D eigenvalue weighted by Gasteiger charge is -2.33. The van der Waals surface area contributed by atoms with Crippen molar-refractivity contribution >= 4 is 17.7 Å². The van der Waals surface area contributed by atoms with E-state index in [1.807, 2.05) is 6.92 Å². The Morgan fingerprint density at radius 2 is 2.03 bits per heavy atom. The van der Waals surface area contributed by atoms with E-state index in [-0.39, 0.29) is 5.91 Å². The zero-order valence-corrected chi connectivity index (χ0v) is 18.8. The first-order chi connectivity index (χ1) is 15.0. The summed E-state index contributed by atoms with van der Waals surface area (Å²) in [6, 6.07) is 3.52. The number of ether oxygens (including phenoxy) is 1. The maximum absolute atomic E-state index is 12.6. The Labute approximate surface area is 185 Å². The van der Waals surface area contributed by atoms with E-state index < -0.39 is 17.4 Å². The van der Waals surface area contributed by atoms with Crippen molar-refractivity contribution < 1.29 is 19.4 Å². The zero-order valence-electron chi connectivity index (χ0n) is 18.8. The molecule has 3 rings (SSSR count). The van der Waals surface area contributed by atoms with Crippen molar-refractivity contribution in [2.24, 2.45) is 5.41 Å². The van der Waals surface area contributed by atoms with Crippen LogP contribution in [-0.2, 0) is 27.2 Å². The number of nitrogens with zero attached hydrogens (tertiary/aromatic N) is 1. The number of rotatable bonds is 11. The summed E-state index contributed by atoms with van der Waals surface area (Å²) in [7, 11) is 0.